The van der Waals surface area contributed by atoms with Gasteiger partial charge in [-0.1, -0.05) is 35.3 Å². The van der Waals surface area contributed by atoms with Crippen molar-refractivity contribution < 1.29 is 14.3 Å². The van der Waals surface area contributed by atoms with Crippen molar-refractivity contribution >= 4 is 46.4 Å². The fourth-order valence-electron chi connectivity index (χ4n) is 2.32. The summed E-state index contributed by atoms with van der Waals surface area (Å²) in [5.41, 5.74) is 1.54. The van der Waals surface area contributed by atoms with E-state index in [1.165, 1.54) is 12.4 Å². The van der Waals surface area contributed by atoms with E-state index in [1.54, 1.807) is 54.6 Å². The third-order valence-electron chi connectivity index (χ3n) is 3.62. The molecule has 0 saturated carbocycles. The van der Waals surface area contributed by atoms with Crippen LogP contribution in [0, 0.1) is 0 Å². The number of carbonyl (C=O) groups excluding carboxylic acids is 2. The number of pyridine rings is 1. The van der Waals surface area contributed by atoms with E-state index in [0.717, 1.165) is 0 Å². The maximum Gasteiger partial charge on any atom is 0.262 e. The first-order valence-corrected chi connectivity index (χ1v) is 8.96. The molecule has 0 saturated heterocycles. The van der Waals surface area contributed by atoms with Crippen molar-refractivity contribution in [1.29, 1.82) is 0 Å². The number of anilines is 2. The summed E-state index contributed by atoms with van der Waals surface area (Å²) in [4.78, 5) is 28.2. The van der Waals surface area contributed by atoms with Gasteiger partial charge in [0.2, 0.25) is 0 Å². The molecule has 1 aromatic heterocycles. The molecule has 0 fully saturated rings. The van der Waals surface area contributed by atoms with Crippen LogP contribution in [0.4, 0.5) is 11.4 Å². The van der Waals surface area contributed by atoms with Crippen molar-refractivity contribution in [3.63, 3.8) is 0 Å². The molecule has 0 aliphatic carbocycles. The zero-order chi connectivity index (χ0) is 19.9. The second kappa shape index (κ2) is 9.21. The van der Waals surface area contributed by atoms with Crippen molar-refractivity contribution in [1.82, 2.24) is 4.98 Å². The summed E-state index contributed by atoms with van der Waals surface area (Å²) in [6.45, 7) is -0.242. The molecule has 0 atom stereocenters. The largest absolute Gasteiger partial charge is 0.482 e. The number of halogens is 2. The van der Waals surface area contributed by atoms with Crippen LogP contribution in [0.25, 0.3) is 0 Å². The van der Waals surface area contributed by atoms with E-state index in [2.05, 4.69) is 15.6 Å². The summed E-state index contributed by atoms with van der Waals surface area (Å²) in [5, 5.41) is 6.05. The van der Waals surface area contributed by atoms with Crippen LogP contribution in [-0.2, 0) is 4.79 Å². The van der Waals surface area contributed by atoms with Crippen LogP contribution in [0.3, 0.4) is 0 Å². The molecular formula is C20H15Cl2N3O3. The van der Waals surface area contributed by atoms with Crippen LogP contribution < -0.4 is 15.4 Å². The van der Waals surface area contributed by atoms with Crippen molar-refractivity contribution in [3.8, 4) is 5.75 Å². The van der Waals surface area contributed by atoms with Gasteiger partial charge in [0.1, 0.15) is 10.8 Å². The first kappa shape index (κ1) is 19.7. The summed E-state index contributed by atoms with van der Waals surface area (Å²) in [7, 11) is 0. The smallest absolute Gasteiger partial charge is 0.262 e. The van der Waals surface area contributed by atoms with Gasteiger partial charge in [0, 0.05) is 29.3 Å². The van der Waals surface area contributed by atoms with Crippen LogP contribution in [0.15, 0.2) is 67.0 Å². The van der Waals surface area contributed by atoms with Crippen LogP contribution >= 0.6 is 23.2 Å². The lowest BCUT2D eigenvalue weighted by atomic mass is 10.2. The van der Waals surface area contributed by atoms with Gasteiger partial charge in [-0.2, -0.15) is 0 Å². The molecule has 142 valence electrons. The highest BCUT2D eigenvalue weighted by atomic mass is 35.5. The fourth-order valence-corrected chi connectivity index (χ4v) is 2.66. The molecule has 6 nitrogen and oxygen atoms in total. The first-order valence-electron chi connectivity index (χ1n) is 8.21. The molecule has 0 spiro atoms. The number of hydrogen-bond donors (Lipinski definition) is 2. The van der Waals surface area contributed by atoms with Gasteiger partial charge >= 0.3 is 0 Å². The number of nitrogens with zero attached hydrogens (tertiary/aromatic N) is 1. The minimum atomic E-state index is -0.381. The van der Waals surface area contributed by atoms with E-state index < -0.39 is 0 Å². The molecule has 1 heterocycles. The molecule has 2 aromatic carbocycles. The van der Waals surface area contributed by atoms with E-state index in [1.807, 2.05) is 0 Å². The zero-order valence-corrected chi connectivity index (χ0v) is 16.0. The van der Waals surface area contributed by atoms with Crippen molar-refractivity contribution in [2.24, 2.45) is 0 Å². The predicted molar refractivity (Wildman–Crippen MR) is 109 cm³/mol. The number of rotatable bonds is 6. The normalized spacial score (nSPS) is 10.2. The van der Waals surface area contributed by atoms with Gasteiger partial charge in [-0.15, -0.1) is 0 Å². The molecular weight excluding hydrogens is 401 g/mol. The third kappa shape index (κ3) is 5.22. The Morgan fingerprint density at radius 3 is 2.36 bits per heavy atom. The number of nitrogens with one attached hydrogen (secondary N) is 2. The number of benzene rings is 2. The Balaban J connectivity index is 1.58. The fraction of sp³-hybridized carbons (Fsp3) is 0.0500. The molecule has 2 N–H and O–H groups in total. The summed E-state index contributed by atoms with van der Waals surface area (Å²) in [6.07, 6.45) is 3.08. The van der Waals surface area contributed by atoms with Crippen LogP contribution in [0.5, 0.6) is 5.75 Å². The van der Waals surface area contributed by atoms with E-state index in [4.69, 9.17) is 27.9 Å². The lowest BCUT2D eigenvalue weighted by molar-refractivity contribution is -0.118. The molecule has 8 heteroatoms. The van der Waals surface area contributed by atoms with E-state index >= 15 is 0 Å². The van der Waals surface area contributed by atoms with E-state index in [0.29, 0.717) is 27.7 Å². The van der Waals surface area contributed by atoms with Gasteiger partial charge in [0.05, 0.1) is 5.02 Å². The topological polar surface area (TPSA) is 80.3 Å². The maximum absolute atomic E-state index is 12.2. The Morgan fingerprint density at radius 2 is 1.61 bits per heavy atom. The lowest BCUT2D eigenvalue weighted by Crippen LogP contribution is -2.20. The van der Waals surface area contributed by atoms with Crippen LogP contribution in [0.2, 0.25) is 10.0 Å². The lowest BCUT2D eigenvalue weighted by Gasteiger charge is -2.11. The first-order chi connectivity index (χ1) is 13.5. The molecule has 0 unspecified atom stereocenters. The molecule has 2 amide bonds. The van der Waals surface area contributed by atoms with Crippen LogP contribution in [0.1, 0.15) is 10.4 Å². The van der Waals surface area contributed by atoms with Gasteiger partial charge in [-0.3, -0.25) is 14.6 Å². The van der Waals surface area contributed by atoms with Crippen molar-refractivity contribution in [2.45, 2.75) is 0 Å². The number of hydrogen-bond acceptors (Lipinski definition) is 4. The standard InChI is InChI=1S/C20H15Cl2N3O3/c21-16-5-2-6-17(19(16)22)28-12-18(26)24-14-3-1-4-15(11-14)25-20(27)13-7-9-23-10-8-13/h1-11H,12H2,(H,24,26)(H,25,27). The highest BCUT2D eigenvalue weighted by molar-refractivity contribution is 6.42. The summed E-state index contributed by atoms with van der Waals surface area (Å²) in [6, 6.07) is 14.9. The Morgan fingerprint density at radius 1 is 0.929 bits per heavy atom. The summed E-state index contributed by atoms with van der Waals surface area (Å²) in [5.74, 6) is -0.332. The molecule has 0 aliphatic rings. The van der Waals surface area contributed by atoms with Gasteiger partial charge in [0.25, 0.3) is 11.8 Å². The second-order valence-corrected chi connectivity index (χ2v) is 6.44. The molecule has 0 radical (unpaired) electrons. The average molecular weight is 416 g/mol. The second-order valence-electron chi connectivity index (χ2n) is 5.66. The highest BCUT2D eigenvalue weighted by Gasteiger charge is 2.10. The molecule has 28 heavy (non-hydrogen) atoms. The minimum absolute atomic E-state index is 0.242. The Bertz CT molecular complexity index is 997. The SMILES string of the molecule is O=C(COc1cccc(Cl)c1Cl)Nc1cccc(NC(=O)c2ccncc2)c1. The number of aromatic nitrogens is 1. The molecule has 0 aliphatic heterocycles. The van der Waals surface area contributed by atoms with Crippen molar-refractivity contribution in [3.05, 3.63) is 82.6 Å². The summed E-state index contributed by atoms with van der Waals surface area (Å²) < 4.78 is 5.40. The maximum atomic E-state index is 12.2. The van der Waals surface area contributed by atoms with Gasteiger partial charge < -0.3 is 15.4 Å². The number of ether oxygens (including phenoxy) is 1. The quantitative estimate of drug-likeness (QED) is 0.613. The van der Waals surface area contributed by atoms with Crippen molar-refractivity contribution in [2.75, 3.05) is 17.2 Å². The monoisotopic (exact) mass is 415 g/mol. The average Bonchev–Trinajstić information content (AvgIpc) is 2.70. The van der Waals surface area contributed by atoms with Gasteiger partial charge in [-0.05, 0) is 42.5 Å². The Hall–Kier alpha value is -3.09. The minimum Gasteiger partial charge on any atom is -0.482 e. The van der Waals surface area contributed by atoms with Gasteiger partial charge in [-0.25, -0.2) is 0 Å². The number of carbonyl (C=O) groups is 2. The molecule has 0 bridgehead atoms. The highest BCUT2D eigenvalue weighted by Crippen LogP contribution is 2.31. The Kier molecular flexibility index (Phi) is 6.47. The zero-order valence-electron chi connectivity index (χ0n) is 14.5. The predicted octanol–water partition coefficient (Wildman–Crippen LogP) is 4.66. The molecule has 3 aromatic rings. The summed E-state index contributed by atoms with van der Waals surface area (Å²) >= 11 is 11.9. The number of amides is 2. The van der Waals surface area contributed by atoms with E-state index in [-0.39, 0.29) is 23.4 Å². The van der Waals surface area contributed by atoms with E-state index in [9.17, 15) is 9.59 Å². The molecule has 3 rings (SSSR count). The van der Waals surface area contributed by atoms with Gasteiger partial charge in [0.15, 0.2) is 6.61 Å². The Labute approximate surface area is 171 Å². The third-order valence-corrected chi connectivity index (χ3v) is 4.42. The van der Waals surface area contributed by atoms with Crippen LogP contribution in [-0.4, -0.2) is 23.4 Å².